The van der Waals surface area contributed by atoms with Gasteiger partial charge in [-0.2, -0.15) is 0 Å². The van der Waals surface area contributed by atoms with Crippen molar-refractivity contribution < 1.29 is 18.7 Å². The fourth-order valence-corrected chi connectivity index (χ4v) is 2.28. The molecular weight excluding hydrogens is 487 g/mol. The highest BCUT2D eigenvalue weighted by atomic mass is 127. The largest absolute Gasteiger partial charge is 0.467 e. The molecule has 1 aromatic rings. The lowest BCUT2D eigenvalue weighted by Gasteiger charge is -2.28. The molecule has 1 rings (SSSR count). The summed E-state index contributed by atoms with van der Waals surface area (Å²) in [6, 6.07) is 3.79. The molecule has 0 spiro atoms. The Morgan fingerprint density at radius 2 is 2.00 bits per heavy atom. The van der Waals surface area contributed by atoms with E-state index in [2.05, 4.69) is 15.6 Å². The van der Waals surface area contributed by atoms with E-state index >= 15 is 0 Å². The molecule has 1 unspecified atom stereocenters. The van der Waals surface area contributed by atoms with Crippen LogP contribution >= 0.6 is 24.0 Å². The molecule has 0 aliphatic heterocycles. The lowest BCUT2D eigenvalue weighted by Crippen LogP contribution is -2.43. The van der Waals surface area contributed by atoms with Gasteiger partial charge in [-0.1, -0.05) is 0 Å². The maximum absolute atomic E-state index is 12.1. The molecule has 0 fully saturated rings. The summed E-state index contributed by atoms with van der Waals surface area (Å²) < 4.78 is 16.1. The van der Waals surface area contributed by atoms with Gasteiger partial charge in [-0.15, -0.1) is 24.0 Å². The summed E-state index contributed by atoms with van der Waals surface area (Å²) in [4.78, 5) is 17.9. The van der Waals surface area contributed by atoms with Crippen LogP contribution in [-0.4, -0.2) is 62.4 Å². The smallest absolute Gasteiger partial charge is 0.410 e. The maximum Gasteiger partial charge on any atom is 0.410 e. The van der Waals surface area contributed by atoms with E-state index in [1.807, 2.05) is 39.8 Å². The number of aliphatic imine (C=N–C) groups is 1. The molecule has 0 saturated carbocycles. The van der Waals surface area contributed by atoms with Crippen LogP contribution in [0.5, 0.6) is 0 Å². The van der Waals surface area contributed by atoms with Crippen LogP contribution in [0.2, 0.25) is 0 Å². The molecule has 9 heteroatoms. The van der Waals surface area contributed by atoms with Gasteiger partial charge in [-0.25, -0.2) is 4.79 Å². The Kier molecular flexibility index (Phi) is 13.7. The summed E-state index contributed by atoms with van der Waals surface area (Å²) in [7, 11) is 3.49. The third kappa shape index (κ3) is 12.6. The number of ether oxygens (including phenoxy) is 2. The Morgan fingerprint density at radius 3 is 2.59 bits per heavy atom. The first-order chi connectivity index (χ1) is 13.2. The molecule has 1 amide bonds. The zero-order valence-corrected chi connectivity index (χ0v) is 20.8. The first-order valence-electron chi connectivity index (χ1n) is 9.73. The summed E-state index contributed by atoms with van der Waals surface area (Å²) >= 11 is 0. The molecule has 1 aromatic heterocycles. The minimum atomic E-state index is -0.489. The molecule has 0 aliphatic carbocycles. The highest BCUT2D eigenvalue weighted by Gasteiger charge is 2.22. The van der Waals surface area contributed by atoms with Crippen molar-refractivity contribution in [1.29, 1.82) is 0 Å². The molecule has 2 N–H and O–H groups in total. The number of rotatable bonds is 10. The highest BCUT2D eigenvalue weighted by Crippen LogP contribution is 2.11. The monoisotopic (exact) mass is 524 g/mol. The summed E-state index contributed by atoms with van der Waals surface area (Å²) in [6.07, 6.45) is 2.97. The van der Waals surface area contributed by atoms with Crippen molar-refractivity contribution in [2.24, 2.45) is 4.99 Å². The Bertz CT molecular complexity index is 588. The first kappa shape index (κ1) is 27.5. The molecule has 0 saturated heterocycles. The van der Waals surface area contributed by atoms with Crippen molar-refractivity contribution in [3.8, 4) is 0 Å². The molecule has 1 atom stereocenters. The molecule has 0 aliphatic rings. The lowest BCUT2D eigenvalue weighted by molar-refractivity contribution is 0.0230. The average Bonchev–Trinajstić information content (AvgIpc) is 3.14. The molecule has 0 bridgehead atoms. The van der Waals surface area contributed by atoms with Gasteiger partial charge in [0.1, 0.15) is 18.0 Å². The number of nitrogens with zero attached hydrogens (tertiary/aromatic N) is 2. The molecule has 0 radical (unpaired) electrons. The number of furan rings is 1. The summed E-state index contributed by atoms with van der Waals surface area (Å²) in [5, 5.41) is 6.51. The Labute approximate surface area is 191 Å². The standard InChI is InChI=1S/C20H36N4O4.HI/c1-16(24(6)19(25)28-20(2,3)4)10-12-23-18(21-5)22-11-8-13-26-15-17-9-7-14-27-17;/h7,9,14,16H,8,10-13,15H2,1-6H3,(H2,21,22,23);1H. The topological polar surface area (TPSA) is 88.3 Å². The van der Waals surface area contributed by atoms with Gasteiger partial charge in [0.2, 0.25) is 0 Å². The van der Waals surface area contributed by atoms with E-state index in [9.17, 15) is 4.79 Å². The molecule has 0 aromatic carbocycles. The van der Waals surface area contributed by atoms with Crippen LogP contribution < -0.4 is 10.6 Å². The predicted molar refractivity (Wildman–Crippen MR) is 126 cm³/mol. The van der Waals surface area contributed by atoms with Crippen molar-refractivity contribution in [2.45, 2.75) is 58.8 Å². The number of guanidine groups is 1. The van der Waals surface area contributed by atoms with E-state index in [1.165, 1.54) is 0 Å². The van der Waals surface area contributed by atoms with E-state index in [0.717, 1.165) is 31.1 Å². The zero-order chi connectivity index (χ0) is 21.0. The summed E-state index contributed by atoms with van der Waals surface area (Å²) in [5.74, 6) is 1.56. The Balaban J connectivity index is 0.00000784. The van der Waals surface area contributed by atoms with Gasteiger partial charge in [0.05, 0.1) is 6.26 Å². The third-order valence-corrected chi connectivity index (χ3v) is 4.00. The third-order valence-electron chi connectivity index (χ3n) is 4.00. The van der Waals surface area contributed by atoms with Crippen molar-refractivity contribution in [2.75, 3.05) is 33.8 Å². The molecular formula is C20H37IN4O4. The normalized spacial score (nSPS) is 12.7. The van der Waals surface area contributed by atoms with Crippen molar-refractivity contribution >= 4 is 36.0 Å². The predicted octanol–water partition coefficient (Wildman–Crippen LogP) is 3.61. The molecule has 1 heterocycles. The summed E-state index contributed by atoms with van der Waals surface area (Å²) in [6.45, 7) is 10.2. The number of hydrogen-bond donors (Lipinski definition) is 2. The van der Waals surface area contributed by atoms with Gasteiger partial charge in [-0.3, -0.25) is 4.99 Å². The Hall–Kier alpha value is -1.49. The Morgan fingerprint density at radius 1 is 1.31 bits per heavy atom. The van der Waals surface area contributed by atoms with E-state index in [4.69, 9.17) is 13.9 Å². The van der Waals surface area contributed by atoms with E-state index < -0.39 is 5.60 Å². The number of nitrogens with one attached hydrogen (secondary N) is 2. The number of amides is 1. The van der Waals surface area contributed by atoms with Crippen molar-refractivity contribution in [3.63, 3.8) is 0 Å². The molecule has 8 nitrogen and oxygen atoms in total. The average molecular weight is 524 g/mol. The quantitative estimate of drug-likeness (QED) is 0.211. The van der Waals surface area contributed by atoms with Crippen LogP contribution in [0.25, 0.3) is 0 Å². The highest BCUT2D eigenvalue weighted by molar-refractivity contribution is 14.0. The second-order valence-electron chi connectivity index (χ2n) is 7.64. The summed E-state index contributed by atoms with van der Waals surface area (Å²) in [5.41, 5.74) is -0.489. The second kappa shape index (κ2) is 14.5. The minimum absolute atomic E-state index is 0. The number of carbonyl (C=O) groups is 1. The van der Waals surface area contributed by atoms with E-state index in [-0.39, 0.29) is 36.1 Å². The van der Waals surface area contributed by atoms with Gasteiger partial charge < -0.3 is 29.4 Å². The SMILES string of the molecule is CN=C(NCCCOCc1ccco1)NCCC(C)N(C)C(=O)OC(C)(C)C.I. The van der Waals surface area contributed by atoms with E-state index in [0.29, 0.717) is 19.8 Å². The second-order valence-corrected chi connectivity index (χ2v) is 7.64. The van der Waals surface area contributed by atoms with Gasteiger partial charge >= 0.3 is 6.09 Å². The first-order valence-corrected chi connectivity index (χ1v) is 9.73. The minimum Gasteiger partial charge on any atom is -0.467 e. The van der Waals surface area contributed by atoms with Crippen LogP contribution in [0.3, 0.4) is 0 Å². The van der Waals surface area contributed by atoms with Crippen LogP contribution in [0.4, 0.5) is 4.79 Å². The number of halogens is 1. The molecule has 168 valence electrons. The van der Waals surface area contributed by atoms with Gasteiger partial charge in [0.15, 0.2) is 5.96 Å². The zero-order valence-electron chi connectivity index (χ0n) is 18.5. The number of carbonyl (C=O) groups excluding carboxylic acids is 1. The van der Waals surface area contributed by atoms with Crippen molar-refractivity contribution in [3.05, 3.63) is 24.2 Å². The van der Waals surface area contributed by atoms with Gasteiger partial charge in [0, 0.05) is 39.8 Å². The molecule has 29 heavy (non-hydrogen) atoms. The maximum atomic E-state index is 12.1. The fourth-order valence-electron chi connectivity index (χ4n) is 2.28. The fraction of sp³-hybridized carbons (Fsp3) is 0.700. The van der Waals surface area contributed by atoms with Crippen LogP contribution in [0.1, 0.15) is 46.3 Å². The van der Waals surface area contributed by atoms with Gasteiger partial charge in [0.25, 0.3) is 0 Å². The van der Waals surface area contributed by atoms with Crippen LogP contribution in [0, 0.1) is 0 Å². The van der Waals surface area contributed by atoms with Crippen LogP contribution in [0.15, 0.2) is 27.8 Å². The van der Waals surface area contributed by atoms with Gasteiger partial charge in [-0.05, 0) is 52.7 Å². The van der Waals surface area contributed by atoms with E-state index in [1.54, 1.807) is 25.3 Å². The van der Waals surface area contributed by atoms with Crippen molar-refractivity contribution in [1.82, 2.24) is 15.5 Å². The number of hydrogen-bond acceptors (Lipinski definition) is 5. The van der Waals surface area contributed by atoms with Crippen LogP contribution in [-0.2, 0) is 16.1 Å². The lowest BCUT2D eigenvalue weighted by atomic mass is 10.2.